The number of anilines is 1. The third-order valence-corrected chi connectivity index (χ3v) is 2.79. The van der Waals surface area contributed by atoms with Crippen LogP contribution in [-0.4, -0.2) is 33.8 Å². The highest BCUT2D eigenvalue weighted by atomic mass is 35.5. The van der Waals surface area contributed by atoms with Crippen molar-refractivity contribution in [2.45, 2.75) is 25.4 Å². The van der Waals surface area contributed by atoms with Crippen molar-refractivity contribution in [3.63, 3.8) is 0 Å². The lowest BCUT2D eigenvalue weighted by atomic mass is 9.95. The van der Waals surface area contributed by atoms with Crippen molar-refractivity contribution in [3.8, 4) is 0 Å². The molecular formula is C10H14ClN3O. The van der Waals surface area contributed by atoms with Gasteiger partial charge in [-0.25, -0.2) is 9.97 Å². The van der Waals surface area contributed by atoms with Crippen LogP contribution in [0.2, 0.25) is 5.28 Å². The molecule has 4 nitrogen and oxygen atoms in total. The first-order valence-corrected chi connectivity index (χ1v) is 5.40. The second-order valence-corrected chi connectivity index (χ2v) is 4.54. The lowest BCUT2D eigenvalue weighted by Crippen LogP contribution is -2.46. The van der Waals surface area contributed by atoms with Gasteiger partial charge in [0.2, 0.25) is 5.28 Å². The SMILES string of the molecule is CC1(O)CCCN(c2ccnc(Cl)n2)C1. The molecule has 1 unspecified atom stereocenters. The number of aliphatic hydroxyl groups is 1. The van der Waals surface area contributed by atoms with Gasteiger partial charge in [-0.05, 0) is 37.4 Å². The van der Waals surface area contributed by atoms with E-state index in [1.807, 2.05) is 17.9 Å². The Bertz CT molecular complexity index is 356. The molecule has 2 heterocycles. The van der Waals surface area contributed by atoms with Crippen molar-refractivity contribution in [2.24, 2.45) is 0 Å². The summed E-state index contributed by atoms with van der Waals surface area (Å²) < 4.78 is 0. The van der Waals surface area contributed by atoms with Gasteiger partial charge in [0.15, 0.2) is 0 Å². The smallest absolute Gasteiger partial charge is 0.224 e. The predicted octanol–water partition coefficient (Wildman–Crippen LogP) is 1.48. The highest BCUT2D eigenvalue weighted by Crippen LogP contribution is 2.24. The summed E-state index contributed by atoms with van der Waals surface area (Å²) >= 11 is 5.72. The van der Waals surface area contributed by atoms with E-state index in [0.717, 1.165) is 25.2 Å². The van der Waals surface area contributed by atoms with Gasteiger partial charge in [-0.15, -0.1) is 0 Å². The molecule has 15 heavy (non-hydrogen) atoms. The average molecular weight is 228 g/mol. The molecule has 82 valence electrons. The Morgan fingerprint density at radius 3 is 3.07 bits per heavy atom. The Kier molecular flexibility index (Phi) is 2.80. The maximum atomic E-state index is 9.96. The third kappa shape index (κ3) is 2.58. The lowest BCUT2D eigenvalue weighted by Gasteiger charge is -2.37. The summed E-state index contributed by atoms with van der Waals surface area (Å²) in [6.07, 6.45) is 3.44. The van der Waals surface area contributed by atoms with Crippen molar-refractivity contribution in [1.82, 2.24) is 9.97 Å². The van der Waals surface area contributed by atoms with Crippen LogP contribution in [0.1, 0.15) is 19.8 Å². The van der Waals surface area contributed by atoms with Crippen molar-refractivity contribution in [2.75, 3.05) is 18.0 Å². The average Bonchev–Trinajstić information content (AvgIpc) is 2.16. The summed E-state index contributed by atoms with van der Waals surface area (Å²) in [5.74, 6) is 0.787. The minimum absolute atomic E-state index is 0.248. The van der Waals surface area contributed by atoms with E-state index >= 15 is 0 Å². The molecule has 0 amide bonds. The number of hydrogen-bond donors (Lipinski definition) is 1. The Labute approximate surface area is 93.9 Å². The molecule has 0 aromatic carbocycles. The standard InChI is InChI=1S/C10H14ClN3O/c1-10(15)4-2-6-14(7-10)8-3-5-12-9(11)13-8/h3,5,15H,2,4,6-7H2,1H3. The number of halogens is 1. The molecule has 0 saturated carbocycles. The monoisotopic (exact) mass is 227 g/mol. The Morgan fingerprint density at radius 1 is 1.60 bits per heavy atom. The predicted molar refractivity (Wildman–Crippen MR) is 59.1 cm³/mol. The molecule has 1 fully saturated rings. The summed E-state index contributed by atoms with van der Waals surface area (Å²) in [6, 6.07) is 1.81. The fraction of sp³-hybridized carbons (Fsp3) is 0.600. The second kappa shape index (κ2) is 3.94. The number of hydrogen-bond acceptors (Lipinski definition) is 4. The van der Waals surface area contributed by atoms with Crippen LogP contribution >= 0.6 is 11.6 Å². The molecule has 2 rings (SSSR count). The van der Waals surface area contributed by atoms with Crippen LogP contribution in [0.25, 0.3) is 0 Å². The van der Waals surface area contributed by atoms with Crippen LogP contribution in [0.3, 0.4) is 0 Å². The van der Waals surface area contributed by atoms with Crippen molar-refractivity contribution in [3.05, 3.63) is 17.5 Å². The second-order valence-electron chi connectivity index (χ2n) is 4.21. The van der Waals surface area contributed by atoms with Crippen LogP contribution in [0.15, 0.2) is 12.3 Å². The molecule has 5 heteroatoms. The van der Waals surface area contributed by atoms with Gasteiger partial charge in [0, 0.05) is 19.3 Å². The highest BCUT2D eigenvalue weighted by molar-refractivity contribution is 6.28. The first kappa shape index (κ1) is 10.6. The zero-order valence-electron chi connectivity index (χ0n) is 8.65. The van der Waals surface area contributed by atoms with Gasteiger partial charge >= 0.3 is 0 Å². The number of β-amino-alcohol motifs (C(OH)–C–C–N with tert-alkyl or cyclic N) is 1. The van der Waals surface area contributed by atoms with E-state index in [1.54, 1.807) is 6.20 Å². The summed E-state index contributed by atoms with van der Waals surface area (Å²) in [5.41, 5.74) is -0.629. The van der Waals surface area contributed by atoms with Crippen LogP contribution in [0.4, 0.5) is 5.82 Å². The van der Waals surface area contributed by atoms with Crippen molar-refractivity contribution in [1.29, 1.82) is 0 Å². The van der Waals surface area contributed by atoms with Gasteiger partial charge in [0.05, 0.1) is 5.60 Å². The van der Waals surface area contributed by atoms with Crippen LogP contribution in [-0.2, 0) is 0 Å². The minimum atomic E-state index is -0.629. The summed E-state index contributed by atoms with van der Waals surface area (Å²) in [7, 11) is 0. The van der Waals surface area contributed by atoms with Crippen LogP contribution in [0.5, 0.6) is 0 Å². The molecule has 0 bridgehead atoms. The lowest BCUT2D eigenvalue weighted by molar-refractivity contribution is 0.0447. The molecule has 1 aliphatic rings. The van der Waals surface area contributed by atoms with Gasteiger partial charge in [0.25, 0.3) is 0 Å². The first-order valence-electron chi connectivity index (χ1n) is 5.03. The normalized spacial score (nSPS) is 26.7. The molecule has 0 spiro atoms. The molecule has 1 saturated heterocycles. The molecule has 1 N–H and O–H groups in total. The minimum Gasteiger partial charge on any atom is -0.388 e. The Morgan fingerprint density at radius 2 is 2.40 bits per heavy atom. The van der Waals surface area contributed by atoms with E-state index < -0.39 is 5.60 Å². The summed E-state index contributed by atoms with van der Waals surface area (Å²) in [6.45, 7) is 3.35. The Hall–Kier alpha value is -0.870. The molecular weight excluding hydrogens is 214 g/mol. The van der Waals surface area contributed by atoms with Crippen molar-refractivity contribution < 1.29 is 5.11 Å². The van der Waals surface area contributed by atoms with E-state index in [0.29, 0.717) is 6.54 Å². The largest absolute Gasteiger partial charge is 0.388 e. The number of aromatic nitrogens is 2. The van der Waals surface area contributed by atoms with E-state index in [9.17, 15) is 5.11 Å². The van der Waals surface area contributed by atoms with E-state index in [1.165, 1.54) is 0 Å². The topological polar surface area (TPSA) is 49.2 Å². The quantitative estimate of drug-likeness (QED) is 0.739. The maximum Gasteiger partial charge on any atom is 0.224 e. The zero-order valence-corrected chi connectivity index (χ0v) is 9.41. The molecule has 1 aliphatic heterocycles. The van der Waals surface area contributed by atoms with Crippen LogP contribution in [0, 0.1) is 0 Å². The van der Waals surface area contributed by atoms with Crippen molar-refractivity contribution >= 4 is 17.4 Å². The fourth-order valence-corrected chi connectivity index (χ4v) is 2.06. The highest BCUT2D eigenvalue weighted by Gasteiger charge is 2.28. The van der Waals surface area contributed by atoms with Gasteiger partial charge in [0.1, 0.15) is 5.82 Å². The molecule has 1 aromatic heterocycles. The molecule has 1 aromatic rings. The molecule has 1 atom stereocenters. The third-order valence-electron chi connectivity index (χ3n) is 2.61. The van der Waals surface area contributed by atoms with Crippen LogP contribution < -0.4 is 4.90 Å². The Balaban J connectivity index is 2.17. The number of rotatable bonds is 1. The van der Waals surface area contributed by atoms with Gasteiger partial charge in [-0.2, -0.15) is 0 Å². The van der Waals surface area contributed by atoms with E-state index in [4.69, 9.17) is 11.6 Å². The fourth-order valence-electron chi connectivity index (χ4n) is 1.92. The summed E-state index contributed by atoms with van der Waals surface area (Å²) in [5, 5.41) is 10.2. The van der Waals surface area contributed by atoms with E-state index in [-0.39, 0.29) is 5.28 Å². The zero-order chi connectivity index (χ0) is 10.9. The number of nitrogens with zero attached hydrogens (tertiary/aromatic N) is 3. The van der Waals surface area contributed by atoms with E-state index in [2.05, 4.69) is 9.97 Å². The summed E-state index contributed by atoms with van der Waals surface area (Å²) in [4.78, 5) is 10.0. The van der Waals surface area contributed by atoms with Gasteiger partial charge in [-0.3, -0.25) is 0 Å². The molecule has 0 aliphatic carbocycles. The van der Waals surface area contributed by atoms with Gasteiger partial charge in [-0.1, -0.05) is 0 Å². The maximum absolute atomic E-state index is 9.96. The molecule has 0 radical (unpaired) electrons. The van der Waals surface area contributed by atoms with Gasteiger partial charge < -0.3 is 10.0 Å². The number of piperidine rings is 1. The first-order chi connectivity index (χ1) is 7.07.